The molecule has 6 nitrogen and oxygen atoms in total. The molecular weight excluding hydrogens is 354 g/mol. The standard InChI is InChI=1S/C19H27N3O3.ClH/c1-22-17(23)10-9-16(19(24)21-12-14-4-3-11-20-14)18(22)13-5-7-15(25-2)8-6-13;/h5-8,14,16,18,20H,3-4,9-12H2,1-2H3,(H,21,24);1H. The molecular formula is C19H28ClN3O3. The zero-order chi connectivity index (χ0) is 17.8. The van der Waals surface area contributed by atoms with Crippen molar-refractivity contribution in [3.05, 3.63) is 29.8 Å². The summed E-state index contributed by atoms with van der Waals surface area (Å²) in [6.07, 6.45) is 3.27. The van der Waals surface area contributed by atoms with Gasteiger partial charge in [-0.1, -0.05) is 12.1 Å². The van der Waals surface area contributed by atoms with Crippen molar-refractivity contribution >= 4 is 24.2 Å². The van der Waals surface area contributed by atoms with E-state index in [0.29, 0.717) is 25.4 Å². The van der Waals surface area contributed by atoms with Gasteiger partial charge in [0.15, 0.2) is 0 Å². The fourth-order valence-corrected chi connectivity index (χ4v) is 3.86. The lowest BCUT2D eigenvalue weighted by atomic mass is 9.84. The molecule has 2 saturated heterocycles. The van der Waals surface area contributed by atoms with Gasteiger partial charge >= 0.3 is 0 Å². The van der Waals surface area contributed by atoms with Crippen LogP contribution in [0.25, 0.3) is 0 Å². The highest BCUT2D eigenvalue weighted by Gasteiger charge is 2.38. The number of hydrogen-bond donors (Lipinski definition) is 2. The van der Waals surface area contributed by atoms with E-state index in [2.05, 4.69) is 10.6 Å². The van der Waals surface area contributed by atoms with Crippen LogP contribution in [0.15, 0.2) is 24.3 Å². The van der Waals surface area contributed by atoms with Gasteiger partial charge in [0.2, 0.25) is 11.8 Å². The van der Waals surface area contributed by atoms with Gasteiger partial charge in [0.25, 0.3) is 0 Å². The van der Waals surface area contributed by atoms with E-state index in [1.165, 1.54) is 0 Å². The summed E-state index contributed by atoms with van der Waals surface area (Å²) in [7, 11) is 3.41. The number of carbonyl (C=O) groups is 2. The Labute approximate surface area is 161 Å². The molecule has 3 unspecified atom stereocenters. The summed E-state index contributed by atoms with van der Waals surface area (Å²) < 4.78 is 5.21. The average Bonchev–Trinajstić information content (AvgIpc) is 3.15. The van der Waals surface area contributed by atoms with Crippen LogP contribution in [-0.2, 0) is 9.59 Å². The Morgan fingerprint density at radius 3 is 2.65 bits per heavy atom. The number of ether oxygens (including phenoxy) is 1. The Hall–Kier alpha value is -1.79. The second-order valence-corrected chi connectivity index (χ2v) is 6.91. The van der Waals surface area contributed by atoms with Crippen molar-refractivity contribution in [3.63, 3.8) is 0 Å². The van der Waals surface area contributed by atoms with Crippen LogP contribution in [0.1, 0.15) is 37.3 Å². The number of hydrogen-bond acceptors (Lipinski definition) is 4. The zero-order valence-corrected chi connectivity index (χ0v) is 16.2. The quantitative estimate of drug-likeness (QED) is 0.817. The lowest BCUT2D eigenvalue weighted by Gasteiger charge is -2.38. The molecule has 3 atom stereocenters. The molecule has 1 aromatic carbocycles. The number of likely N-dealkylation sites (tertiary alicyclic amines) is 1. The molecule has 0 aromatic heterocycles. The maximum atomic E-state index is 12.8. The summed E-state index contributed by atoms with van der Waals surface area (Å²) in [6, 6.07) is 7.77. The second kappa shape index (κ2) is 9.24. The number of carbonyl (C=O) groups excluding carboxylic acids is 2. The summed E-state index contributed by atoms with van der Waals surface area (Å²) in [6.45, 7) is 1.68. The summed E-state index contributed by atoms with van der Waals surface area (Å²) in [5.74, 6) is 0.663. The number of nitrogens with one attached hydrogen (secondary N) is 2. The lowest BCUT2D eigenvalue weighted by molar-refractivity contribution is -0.141. The van der Waals surface area contributed by atoms with Crippen molar-refractivity contribution in [3.8, 4) is 5.75 Å². The molecule has 1 aromatic rings. The monoisotopic (exact) mass is 381 g/mol. The van der Waals surface area contributed by atoms with Gasteiger partial charge in [-0.15, -0.1) is 12.4 Å². The third-order valence-corrected chi connectivity index (χ3v) is 5.34. The van der Waals surface area contributed by atoms with Crippen molar-refractivity contribution in [2.24, 2.45) is 5.92 Å². The number of piperidine rings is 1. The van der Waals surface area contributed by atoms with Crippen molar-refractivity contribution in [2.75, 3.05) is 27.2 Å². The number of nitrogens with zero attached hydrogens (tertiary/aromatic N) is 1. The van der Waals surface area contributed by atoms with Crippen molar-refractivity contribution in [2.45, 2.75) is 37.8 Å². The van der Waals surface area contributed by atoms with Gasteiger partial charge in [-0.05, 0) is 43.5 Å². The fourth-order valence-electron chi connectivity index (χ4n) is 3.86. The van der Waals surface area contributed by atoms with E-state index >= 15 is 0 Å². The highest BCUT2D eigenvalue weighted by Crippen LogP contribution is 2.36. The lowest BCUT2D eigenvalue weighted by Crippen LogP contribution is -2.48. The minimum atomic E-state index is -0.233. The van der Waals surface area contributed by atoms with Gasteiger partial charge in [-0.3, -0.25) is 9.59 Å². The van der Waals surface area contributed by atoms with Crippen LogP contribution in [0.3, 0.4) is 0 Å². The molecule has 0 aliphatic carbocycles. The van der Waals surface area contributed by atoms with Crippen LogP contribution in [0, 0.1) is 5.92 Å². The van der Waals surface area contributed by atoms with E-state index in [0.717, 1.165) is 30.7 Å². The zero-order valence-electron chi connectivity index (χ0n) is 15.4. The molecule has 2 aliphatic heterocycles. The third-order valence-electron chi connectivity index (χ3n) is 5.34. The fraction of sp³-hybridized carbons (Fsp3) is 0.579. The van der Waals surface area contributed by atoms with Gasteiger partial charge < -0.3 is 20.3 Å². The minimum Gasteiger partial charge on any atom is -0.497 e. The SMILES string of the molecule is COc1ccc(C2C(C(=O)NCC3CCCN3)CCC(=O)N2C)cc1.Cl. The maximum Gasteiger partial charge on any atom is 0.225 e. The predicted molar refractivity (Wildman–Crippen MR) is 103 cm³/mol. The maximum absolute atomic E-state index is 12.8. The first-order chi connectivity index (χ1) is 12.1. The van der Waals surface area contributed by atoms with Crippen molar-refractivity contribution < 1.29 is 14.3 Å². The van der Waals surface area contributed by atoms with E-state index in [9.17, 15) is 9.59 Å². The average molecular weight is 382 g/mol. The Balaban J connectivity index is 0.00000243. The van der Waals surface area contributed by atoms with Crippen LogP contribution in [-0.4, -0.2) is 50.0 Å². The van der Waals surface area contributed by atoms with Gasteiger partial charge in [0, 0.05) is 26.1 Å². The molecule has 0 bridgehead atoms. The molecule has 2 aliphatic rings. The molecule has 2 fully saturated rings. The molecule has 0 radical (unpaired) electrons. The molecule has 0 spiro atoms. The number of benzene rings is 1. The Bertz CT molecular complexity index is 617. The van der Waals surface area contributed by atoms with E-state index in [-0.39, 0.29) is 36.2 Å². The molecule has 144 valence electrons. The number of methoxy groups -OCH3 is 1. The van der Waals surface area contributed by atoms with Crippen LogP contribution in [0.2, 0.25) is 0 Å². The topological polar surface area (TPSA) is 70.7 Å². The largest absolute Gasteiger partial charge is 0.497 e. The molecule has 2 amide bonds. The first-order valence-electron chi connectivity index (χ1n) is 9.01. The third kappa shape index (κ3) is 4.48. The van der Waals surface area contributed by atoms with Gasteiger partial charge in [0.05, 0.1) is 19.1 Å². The Kier molecular flexibility index (Phi) is 7.29. The molecule has 3 rings (SSSR count). The van der Waals surface area contributed by atoms with Crippen molar-refractivity contribution in [1.29, 1.82) is 0 Å². The van der Waals surface area contributed by atoms with Gasteiger partial charge in [-0.25, -0.2) is 0 Å². The molecule has 2 heterocycles. The first kappa shape index (κ1) is 20.5. The van der Waals surface area contributed by atoms with Crippen molar-refractivity contribution in [1.82, 2.24) is 15.5 Å². The van der Waals surface area contributed by atoms with Gasteiger partial charge in [0.1, 0.15) is 5.75 Å². The number of rotatable bonds is 5. The Morgan fingerprint density at radius 2 is 2.04 bits per heavy atom. The summed E-state index contributed by atoms with van der Waals surface area (Å²) in [4.78, 5) is 26.7. The molecule has 7 heteroatoms. The van der Waals surface area contributed by atoms with E-state index in [1.54, 1.807) is 19.1 Å². The molecule has 26 heavy (non-hydrogen) atoms. The van der Waals surface area contributed by atoms with E-state index < -0.39 is 0 Å². The summed E-state index contributed by atoms with van der Waals surface area (Å²) >= 11 is 0. The van der Waals surface area contributed by atoms with Crippen LogP contribution >= 0.6 is 12.4 Å². The van der Waals surface area contributed by atoms with E-state index in [4.69, 9.17) is 4.74 Å². The normalized spacial score (nSPS) is 25.5. The summed E-state index contributed by atoms with van der Waals surface area (Å²) in [5, 5.41) is 6.48. The number of halogens is 1. The van der Waals surface area contributed by atoms with Crippen LogP contribution in [0.5, 0.6) is 5.75 Å². The second-order valence-electron chi connectivity index (χ2n) is 6.91. The number of amides is 2. The molecule has 2 N–H and O–H groups in total. The highest BCUT2D eigenvalue weighted by atomic mass is 35.5. The van der Waals surface area contributed by atoms with E-state index in [1.807, 2.05) is 24.3 Å². The van der Waals surface area contributed by atoms with Gasteiger partial charge in [-0.2, -0.15) is 0 Å². The van der Waals surface area contributed by atoms with Crippen LogP contribution < -0.4 is 15.4 Å². The predicted octanol–water partition coefficient (Wildman–Crippen LogP) is 1.89. The summed E-state index contributed by atoms with van der Waals surface area (Å²) in [5.41, 5.74) is 0.968. The molecule has 0 saturated carbocycles. The Morgan fingerprint density at radius 1 is 1.31 bits per heavy atom. The smallest absolute Gasteiger partial charge is 0.225 e. The van der Waals surface area contributed by atoms with Crippen LogP contribution in [0.4, 0.5) is 0 Å². The highest BCUT2D eigenvalue weighted by molar-refractivity contribution is 5.85. The first-order valence-corrected chi connectivity index (χ1v) is 9.01. The minimum absolute atomic E-state index is 0.